The Labute approximate surface area is 261 Å². The summed E-state index contributed by atoms with van der Waals surface area (Å²) in [5.74, 6) is 0.275. The topological polar surface area (TPSA) is 86.2 Å². The summed E-state index contributed by atoms with van der Waals surface area (Å²) >= 11 is 0. The van der Waals surface area contributed by atoms with Crippen LogP contribution in [0.25, 0.3) is 17.0 Å². The minimum Gasteiger partial charge on any atom is -0.386 e. The second-order valence-electron chi connectivity index (χ2n) is 12.7. The largest absolute Gasteiger partial charge is 0.386 e. The highest BCUT2D eigenvalue weighted by Gasteiger charge is 2.19. The Balaban J connectivity index is 1.40. The van der Waals surface area contributed by atoms with Crippen molar-refractivity contribution in [1.29, 1.82) is 0 Å². The van der Waals surface area contributed by atoms with Crippen LogP contribution in [0.2, 0.25) is 0 Å². The molecule has 0 spiro atoms. The molecule has 1 unspecified atom stereocenters. The van der Waals surface area contributed by atoms with E-state index in [1.165, 1.54) is 5.56 Å². The molecule has 5 rings (SSSR count). The number of rotatable bonds is 8. The lowest BCUT2D eigenvalue weighted by atomic mass is 9.86. The van der Waals surface area contributed by atoms with Gasteiger partial charge in [-0.15, -0.1) is 0 Å². The SMILES string of the molecule is C=C(Nc1cccc(-c2cn(C)c(=O)c(Nc3ccc(N4CCNC(C)C4)c(NC)c3)n2)c1C)c1ccc(C(C)(C)C)cc1. The zero-order valence-corrected chi connectivity index (χ0v) is 27.0. The number of piperazine rings is 1. The van der Waals surface area contributed by atoms with Crippen LogP contribution in [0.3, 0.4) is 0 Å². The van der Waals surface area contributed by atoms with Crippen molar-refractivity contribution in [2.75, 3.05) is 47.5 Å². The number of nitrogens with one attached hydrogen (secondary N) is 4. The van der Waals surface area contributed by atoms with E-state index in [1.54, 1.807) is 17.8 Å². The minimum atomic E-state index is -0.196. The average Bonchev–Trinajstić information content (AvgIpc) is 3.00. The molecule has 1 saturated heterocycles. The predicted octanol–water partition coefficient (Wildman–Crippen LogP) is 6.72. The number of hydrogen-bond acceptors (Lipinski definition) is 7. The molecule has 0 amide bonds. The summed E-state index contributed by atoms with van der Waals surface area (Å²) in [6, 6.07) is 21.2. The number of benzene rings is 3. The molecule has 44 heavy (non-hydrogen) atoms. The van der Waals surface area contributed by atoms with Gasteiger partial charge in [-0.05, 0) is 60.2 Å². The van der Waals surface area contributed by atoms with Crippen molar-refractivity contribution in [3.8, 4) is 11.3 Å². The summed E-state index contributed by atoms with van der Waals surface area (Å²) in [4.78, 5) is 20.4. The van der Waals surface area contributed by atoms with Crippen LogP contribution in [0.4, 0.5) is 28.6 Å². The van der Waals surface area contributed by atoms with E-state index in [9.17, 15) is 4.79 Å². The van der Waals surface area contributed by atoms with Crippen LogP contribution >= 0.6 is 0 Å². The molecule has 0 aliphatic carbocycles. The highest BCUT2D eigenvalue weighted by atomic mass is 16.1. The van der Waals surface area contributed by atoms with Crippen LogP contribution < -0.4 is 31.7 Å². The van der Waals surface area contributed by atoms with Gasteiger partial charge in [-0.25, -0.2) is 4.98 Å². The summed E-state index contributed by atoms with van der Waals surface area (Å²) in [5, 5.41) is 13.6. The van der Waals surface area contributed by atoms with Gasteiger partial charge in [-0.3, -0.25) is 4.79 Å². The fourth-order valence-electron chi connectivity index (χ4n) is 5.65. The predicted molar refractivity (Wildman–Crippen MR) is 186 cm³/mol. The van der Waals surface area contributed by atoms with Crippen LogP contribution in [0, 0.1) is 6.92 Å². The van der Waals surface area contributed by atoms with E-state index in [0.29, 0.717) is 11.7 Å². The summed E-state index contributed by atoms with van der Waals surface area (Å²) < 4.78 is 1.58. The maximum Gasteiger partial charge on any atom is 0.293 e. The Morgan fingerprint density at radius 1 is 1.07 bits per heavy atom. The van der Waals surface area contributed by atoms with Crippen LogP contribution in [-0.4, -0.2) is 42.3 Å². The van der Waals surface area contributed by atoms with Crippen LogP contribution in [-0.2, 0) is 12.5 Å². The highest BCUT2D eigenvalue weighted by Crippen LogP contribution is 2.33. The molecular weight excluding hydrogens is 546 g/mol. The Hall–Kier alpha value is -4.56. The first-order valence-corrected chi connectivity index (χ1v) is 15.3. The number of hydrogen-bond donors (Lipinski definition) is 4. The average molecular weight is 592 g/mol. The standard InChI is InChI=1S/C36H45N7O/c1-23-21-43(19-18-38-23)33-17-16-28(20-31(33)37-7)40-34-35(44)42(8)22-32(41-34)29-10-9-11-30(24(29)2)39-25(3)26-12-14-27(15-13-26)36(4,5)6/h9-17,20,22-23,37-39H,3,18-19,21H2,1-2,4-8H3,(H,40,41). The molecule has 0 radical (unpaired) electrons. The zero-order valence-electron chi connectivity index (χ0n) is 27.0. The zero-order chi connectivity index (χ0) is 31.6. The van der Waals surface area contributed by atoms with Crippen molar-refractivity contribution < 1.29 is 0 Å². The molecular formula is C36H45N7O. The molecule has 1 aliphatic rings. The van der Waals surface area contributed by atoms with Crippen molar-refractivity contribution in [3.05, 3.63) is 100 Å². The fourth-order valence-corrected chi connectivity index (χ4v) is 5.65. The van der Waals surface area contributed by atoms with Crippen LogP contribution in [0.5, 0.6) is 0 Å². The summed E-state index contributed by atoms with van der Waals surface area (Å²) in [6.07, 6.45) is 1.79. The van der Waals surface area contributed by atoms with Crippen molar-refractivity contribution in [2.24, 2.45) is 7.05 Å². The van der Waals surface area contributed by atoms with Gasteiger partial charge < -0.3 is 30.7 Å². The van der Waals surface area contributed by atoms with E-state index in [4.69, 9.17) is 4.98 Å². The summed E-state index contributed by atoms with van der Waals surface area (Å²) in [5.41, 5.74) is 9.57. The van der Waals surface area contributed by atoms with Gasteiger partial charge in [0.05, 0.1) is 17.1 Å². The summed E-state index contributed by atoms with van der Waals surface area (Å²) in [7, 11) is 3.68. The van der Waals surface area contributed by atoms with Gasteiger partial charge in [0.15, 0.2) is 5.82 Å². The van der Waals surface area contributed by atoms with E-state index in [0.717, 1.165) is 64.8 Å². The maximum absolute atomic E-state index is 13.2. The van der Waals surface area contributed by atoms with Crippen molar-refractivity contribution in [1.82, 2.24) is 14.9 Å². The lowest BCUT2D eigenvalue weighted by Gasteiger charge is -2.35. The second kappa shape index (κ2) is 12.6. The van der Waals surface area contributed by atoms with Crippen LogP contribution in [0.15, 0.2) is 78.2 Å². The first-order chi connectivity index (χ1) is 20.9. The molecule has 2 heterocycles. The van der Waals surface area contributed by atoms with Crippen molar-refractivity contribution in [3.63, 3.8) is 0 Å². The third-order valence-electron chi connectivity index (χ3n) is 8.30. The smallest absolute Gasteiger partial charge is 0.293 e. The third-order valence-corrected chi connectivity index (χ3v) is 8.30. The maximum atomic E-state index is 13.2. The van der Waals surface area contributed by atoms with E-state index in [2.05, 4.69) is 97.7 Å². The third kappa shape index (κ3) is 6.65. The molecule has 1 aromatic heterocycles. The Kier molecular flexibility index (Phi) is 8.83. The number of aryl methyl sites for hydroxylation is 1. The lowest BCUT2D eigenvalue weighted by Crippen LogP contribution is -2.49. The lowest BCUT2D eigenvalue weighted by molar-refractivity contribution is 0.485. The van der Waals surface area contributed by atoms with Gasteiger partial charge in [0.1, 0.15) is 0 Å². The Morgan fingerprint density at radius 3 is 2.50 bits per heavy atom. The Morgan fingerprint density at radius 2 is 1.82 bits per heavy atom. The van der Waals surface area contributed by atoms with Gasteiger partial charge in [-0.2, -0.15) is 0 Å². The van der Waals surface area contributed by atoms with Crippen molar-refractivity contribution >= 4 is 34.3 Å². The Bertz CT molecular complexity index is 1720. The quantitative estimate of drug-likeness (QED) is 0.181. The van der Waals surface area contributed by atoms with Gasteiger partial charge >= 0.3 is 0 Å². The number of anilines is 5. The second-order valence-corrected chi connectivity index (χ2v) is 12.7. The normalized spacial score (nSPS) is 15.2. The summed E-state index contributed by atoms with van der Waals surface area (Å²) in [6.45, 7) is 18.0. The molecule has 1 fully saturated rings. The molecule has 1 atom stereocenters. The first-order valence-electron chi connectivity index (χ1n) is 15.3. The molecule has 8 heteroatoms. The van der Waals surface area contributed by atoms with Gasteiger partial charge in [-0.1, -0.05) is 63.7 Å². The van der Waals surface area contributed by atoms with Gasteiger partial charge in [0.2, 0.25) is 0 Å². The molecule has 4 N–H and O–H groups in total. The van der Waals surface area contributed by atoms with E-state index >= 15 is 0 Å². The number of aromatic nitrogens is 2. The fraction of sp³-hybridized carbons (Fsp3) is 0.333. The van der Waals surface area contributed by atoms with Crippen molar-refractivity contribution in [2.45, 2.75) is 46.1 Å². The van der Waals surface area contributed by atoms with E-state index in [1.807, 2.05) is 37.4 Å². The molecule has 8 nitrogen and oxygen atoms in total. The monoisotopic (exact) mass is 591 g/mol. The van der Waals surface area contributed by atoms with E-state index < -0.39 is 0 Å². The minimum absolute atomic E-state index is 0.0944. The molecule has 230 valence electrons. The molecule has 4 aromatic rings. The molecule has 0 saturated carbocycles. The van der Waals surface area contributed by atoms with Crippen LogP contribution in [0.1, 0.15) is 44.4 Å². The molecule has 3 aromatic carbocycles. The molecule has 0 bridgehead atoms. The molecule has 1 aliphatic heterocycles. The highest BCUT2D eigenvalue weighted by molar-refractivity contribution is 5.81. The van der Waals surface area contributed by atoms with Gasteiger partial charge in [0.25, 0.3) is 5.56 Å². The van der Waals surface area contributed by atoms with E-state index in [-0.39, 0.29) is 16.8 Å². The first kappa shape index (κ1) is 30.9. The van der Waals surface area contributed by atoms with Gasteiger partial charge in [0, 0.05) is 68.6 Å². The number of nitrogens with zero attached hydrogens (tertiary/aromatic N) is 3.